The van der Waals surface area contributed by atoms with E-state index in [-0.39, 0.29) is 18.4 Å². The molecule has 0 unspecified atom stereocenters. The van der Waals surface area contributed by atoms with Gasteiger partial charge < -0.3 is 14.8 Å². The van der Waals surface area contributed by atoms with E-state index in [1.54, 1.807) is 18.5 Å². The van der Waals surface area contributed by atoms with E-state index in [0.717, 1.165) is 43.4 Å². The van der Waals surface area contributed by atoms with Crippen LogP contribution in [0.5, 0.6) is 5.88 Å². The number of aromatic nitrogens is 5. The van der Waals surface area contributed by atoms with Gasteiger partial charge in [0.25, 0.3) is 0 Å². The summed E-state index contributed by atoms with van der Waals surface area (Å²) in [6, 6.07) is 5.70. The van der Waals surface area contributed by atoms with Gasteiger partial charge in [0.1, 0.15) is 11.8 Å². The minimum absolute atomic E-state index is 0.0354. The number of pyridine rings is 1. The van der Waals surface area contributed by atoms with Crippen LogP contribution in [0.15, 0.2) is 42.9 Å². The van der Waals surface area contributed by atoms with Crippen molar-refractivity contribution in [1.82, 2.24) is 24.9 Å². The average Bonchev–Trinajstić information content (AvgIpc) is 3.23. The van der Waals surface area contributed by atoms with Gasteiger partial charge in [0.05, 0.1) is 29.1 Å². The molecule has 0 atom stereocenters. The third-order valence-electron chi connectivity index (χ3n) is 5.99. The smallest absolute Gasteiger partial charge is 0.303 e. The fraction of sp³-hybridized carbons (Fsp3) is 0.292. The van der Waals surface area contributed by atoms with E-state index in [9.17, 15) is 13.6 Å². The molecule has 0 spiro atoms. The highest BCUT2D eigenvalue weighted by Crippen LogP contribution is 2.30. The first-order chi connectivity index (χ1) is 16.4. The second-order valence-corrected chi connectivity index (χ2v) is 8.40. The van der Waals surface area contributed by atoms with Crippen LogP contribution >= 0.6 is 0 Å². The lowest BCUT2D eigenvalue weighted by Crippen LogP contribution is -2.25. The molecule has 1 aromatic carbocycles. The van der Waals surface area contributed by atoms with Gasteiger partial charge in [-0.25, -0.2) is 23.7 Å². The first-order valence-corrected chi connectivity index (χ1v) is 11.0. The summed E-state index contributed by atoms with van der Waals surface area (Å²) in [5.74, 6) is -1.57. The van der Waals surface area contributed by atoms with Crippen molar-refractivity contribution in [3.05, 3.63) is 54.5 Å². The summed E-state index contributed by atoms with van der Waals surface area (Å²) in [4.78, 5) is 31.2. The third kappa shape index (κ3) is 4.70. The maximum absolute atomic E-state index is 13.4. The number of ether oxygens (including phenoxy) is 1. The number of imidazole rings is 1. The first-order valence-electron chi connectivity index (χ1n) is 11.0. The van der Waals surface area contributed by atoms with Gasteiger partial charge in [0, 0.05) is 36.4 Å². The third-order valence-corrected chi connectivity index (χ3v) is 5.99. The van der Waals surface area contributed by atoms with Gasteiger partial charge in [-0.2, -0.15) is 0 Å². The summed E-state index contributed by atoms with van der Waals surface area (Å²) in [5, 5.41) is 8.93. The van der Waals surface area contributed by atoms with Gasteiger partial charge in [0.15, 0.2) is 17.5 Å². The Bertz CT molecular complexity index is 1280. The second kappa shape index (κ2) is 9.12. The standard InChI is InChI=1S/C24H21F2N5O3/c25-16-8-18-19(9-17(16)26)31-24(30-18)21-12-27-20(11-28-21)14-3-6-22(29-10-14)34-15-4-1-13(2-5-15)7-23(32)33/h3,6,8-13,15H,1-2,4-5,7H2,(H,30,31)(H,32,33)/t13-,15-. The highest BCUT2D eigenvalue weighted by atomic mass is 19.2. The molecule has 34 heavy (non-hydrogen) atoms. The number of carboxylic acid groups (broad SMARTS) is 1. The Morgan fingerprint density at radius 2 is 1.74 bits per heavy atom. The quantitative estimate of drug-likeness (QED) is 0.421. The van der Waals surface area contributed by atoms with Crippen LogP contribution in [0.4, 0.5) is 8.78 Å². The Kier molecular flexibility index (Phi) is 5.87. The van der Waals surface area contributed by atoms with Gasteiger partial charge in [-0.05, 0) is 37.7 Å². The van der Waals surface area contributed by atoms with E-state index in [1.165, 1.54) is 6.20 Å². The largest absolute Gasteiger partial charge is 0.481 e. The number of halogens is 2. The maximum Gasteiger partial charge on any atom is 0.303 e. The Hall–Kier alpha value is -3.95. The Labute approximate surface area is 193 Å². The molecule has 1 saturated carbocycles. The van der Waals surface area contributed by atoms with E-state index in [0.29, 0.717) is 34.1 Å². The minimum Gasteiger partial charge on any atom is -0.481 e. The number of nitrogens with zero attached hydrogens (tertiary/aromatic N) is 4. The van der Waals surface area contributed by atoms with E-state index >= 15 is 0 Å². The number of hydrogen-bond donors (Lipinski definition) is 2. The highest BCUT2D eigenvalue weighted by molar-refractivity contribution is 5.78. The normalized spacial score (nSPS) is 18.2. The summed E-state index contributed by atoms with van der Waals surface area (Å²) in [7, 11) is 0. The molecule has 0 aliphatic heterocycles. The predicted octanol–water partition coefficient (Wildman–Crippen LogP) is 4.77. The molecule has 1 aliphatic rings. The average molecular weight is 465 g/mol. The van der Waals surface area contributed by atoms with Crippen LogP contribution < -0.4 is 4.74 Å². The van der Waals surface area contributed by atoms with Crippen LogP contribution in [0.25, 0.3) is 33.8 Å². The van der Waals surface area contributed by atoms with Gasteiger partial charge in [-0.3, -0.25) is 9.78 Å². The second-order valence-electron chi connectivity index (χ2n) is 8.40. The van der Waals surface area contributed by atoms with Crippen LogP contribution in [-0.2, 0) is 4.79 Å². The van der Waals surface area contributed by atoms with E-state index in [2.05, 4.69) is 24.9 Å². The lowest BCUT2D eigenvalue weighted by molar-refractivity contribution is -0.138. The van der Waals surface area contributed by atoms with Gasteiger partial charge in [0.2, 0.25) is 5.88 Å². The van der Waals surface area contributed by atoms with Crippen molar-refractivity contribution in [3.63, 3.8) is 0 Å². The first kappa shape index (κ1) is 21.9. The minimum atomic E-state index is -0.960. The van der Waals surface area contributed by atoms with E-state index in [4.69, 9.17) is 9.84 Å². The number of carboxylic acids is 1. The SMILES string of the molecule is O=C(O)C[C@H]1CC[C@H](Oc2ccc(-c3cnc(-c4nc5cc(F)c(F)cc5[nH]4)cn3)cn2)CC1. The summed E-state index contributed by atoms with van der Waals surface area (Å²) in [6.07, 6.45) is 8.32. The van der Waals surface area contributed by atoms with Gasteiger partial charge in [-0.1, -0.05) is 0 Å². The molecule has 174 valence electrons. The summed E-state index contributed by atoms with van der Waals surface area (Å²) in [6.45, 7) is 0. The van der Waals surface area contributed by atoms with Crippen molar-refractivity contribution >= 4 is 17.0 Å². The zero-order valence-electron chi connectivity index (χ0n) is 18.0. The van der Waals surface area contributed by atoms with Gasteiger partial charge >= 0.3 is 5.97 Å². The molecule has 10 heteroatoms. The van der Waals surface area contributed by atoms with Crippen LogP contribution in [0.1, 0.15) is 32.1 Å². The number of aromatic amines is 1. The molecule has 1 aliphatic carbocycles. The van der Waals surface area contributed by atoms with E-state index in [1.807, 2.05) is 6.07 Å². The molecule has 0 bridgehead atoms. The monoisotopic (exact) mass is 465 g/mol. The predicted molar refractivity (Wildman–Crippen MR) is 119 cm³/mol. The number of rotatable bonds is 6. The number of benzene rings is 1. The van der Waals surface area contributed by atoms with Gasteiger partial charge in [-0.15, -0.1) is 0 Å². The molecule has 0 saturated heterocycles. The maximum atomic E-state index is 13.4. The topological polar surface area (TPSA) is 114 Å². The number of carbonyl (C=O) groups is 1. The number of hydrogen-bond acceptors (Lipinski definition) is 6. The van der Waals surface area contributed by atoms with E-state index < -0.39 is 17.6 Å². The molecule has 3 aromatic heterocycles. The molecule has 3 heterocycles. The lowest BCUT2D eigenvalue weighted by Gasteiger charge is -2.27. The molecule has 0 radical (unpaired) electrons. The number of aliphatic carboxylic acids is 1. The zero-order chi connectivity index (χ0) is 23.7. The van der Waals surface area contributed by atoms with Crippen LogP contribution in [0.3, 0.4) is 0 Å². The number of H-pyrrole nitrogens is 1. The Balaban J connectivity index is 1.23. The molecular weight excluding hydrogens is 444 g/mol. The molecule has 5 rings (SSSR count). The number of fused-ring (bicyclic) bond motifs is 1. The molecule has 0 amide bonds. The van der Waals surface area contributed by atoms with Crippen molar-refractivity contribution in [2.24, 2.45) is 5.92 Å². The summed E-state index contributed by atoms with van der Waals surface area (Å²) >= 11 is 0. The summed E-state index contributed by atoms with van der Waals surface area (Å²) in [5.41, 5.74) is 2.47. The molecule has 8 nitrogen and oxygen atoms in total. The highest BCUT2D eigenvalue weighted by Gasteiger charge is 2.24. The molecule has 4 aromatic rings. The van der Waals surface area contributed by atoms with Crippen LogP contribution in [-0.4, -0.2) is 42.1 Å². The lowest BCUT2D eigenvalue weighted by atomic mass is 9.85. The van der Waals surface area contributed by atoms with Crippen molar-refractivity contribution < 1.29 is 23.4 Å². The van der Waals surface area contributed by atoms with Crippen LogP contribution in [0.2, 0.25) is 0 Å². The van der Waals surface area contributed by atoms with Crippen molar-refractivity contribution in [2.45, 2.75) is 38.2 Å². The van der Waals surface area contributed by atoms with Crippen LogP contribution in [0, 0.1) is 17.6 Å². The number of nitrogens with one attached hydrogen (secondary N) is 1. The fourth-order valence-electron chi connectivity index (χ4n) is 4.20. The molecule has 1 fully saturated rings. The molecular formula is C24H21F2N5O3. The zero-order valence-corrected chi connectivity index (χ0v) is 18.0. The Morgan fingerprint density at radius 3 is 2.41 bits per heavy atom. The molecule has 2 N–H and O–H groups in total. The van der Waals surface area contributed by atoms with Crippen molar-refractivity contribution in [3.8, 4) is 28.7 Å². The fourth-order valence-corrected chi connectivity index (χ4v) is 4.20. The van der Waals surface area contributed by atoms with Crippen molar-refractivity contribution in [2.75, 3.05) is 0 Å². The Morgan fingerprint density at radius 1 is 1.00 bits per heavy atom. The van der Waals surface area contributed by atoms with Crippen molar-refractivity contribution in [1.29, 1.82) is 0 Å². The summed E-state index contributed by atoms with van der Waals surface area (Å²) < 4.78 is 32.8.